The van der Waals surface area contributed by atoms with Gasteiger partial charge < -0.3 is 15.2 Å². The van der Waals surface area contributed by atoms with Gasteiger partial charge in [0.15, 0.2) is 11.5 Å². The summed E-state index contributed by atoms with van der Waals surface area (Å²) in [5.41, 5.74) is 7.26. The number of ether oxygens (including phenoxy) is 2. The zero-order chi connectivity index (χ0) is 15.7. The number of rotatable bonds is 10. The first kappa shape index (κ1) is 17.8. The first-order valence-corrected chi connectivity index (χ1v) is 8.29. The molecule has 0 aliphatic rings. The molecule has 0 fully saturated rings. The van der Waals surface area contributed by atoms with Gasteiger partial charge in [0.2, 0.25) is 0 Å². The summed E-state index contributed by atoms with van der Waals surface area (Å²) in [5, 5.41) is 0. The topological polar surface area (TPSA) is 44.5 Å². The molecular formula is C18H31NO2. The highest BCUT2D eigenvalue weighted by Gasteiger charge is 2.15. The van der Waals surface area contributed by atoms with Crippen molar-refractivity contribution in [3.8, 4) is 11.5 Å². The van der Waals surface area contributed by atoms with Crippen molar-refractivity contribution in [1.29, 1.82) is 0 Å². The zero-order valence-corrected chi connectivity index (χ0v) is 14.0. The average Bonchev–Trinajstić information content (AvgIpc) is 2.50. The lowest BCUT2D eigenvalue weighted by atomic mass is 10.0. The van der Waals surface area contributed by atoms with Gasteiger partial charge in [-0.2, -0.15) is 0 Å². The van der Waals surface area contributed by atoms with Gasteiger partial charge in [-0.1, -0.05) is 45.7 Å². The molecule has 0 aromatic heterocycles. The smallest absolute Gasteiger partial charge is 0.164 e. The summed E-state index contributed by atoms with van der Waals surface area (Å²) in [6, 6.07) is 6.26. The fourth-order valence-corrected chi connectivity index (χ4v) is 2.31. The van der Waals surface area contributed by atoms with Crippen LogP contribution in [0.25, 0.3) is 0 Å². The first-order valence-electron chi connectivity index (χ1n) is 8.29. The molecule has 21 heavy (non-hydrogen) atoms. The van der Waals surface area contributed by atoms with Crippen LogP contribution in [-0.2, 0) is 6.42 Å². The maximum atomic E-state index is 6.13. The van der Waals surface area contributed by atoms with Crippen LogP contribution in [0.15, 0.2) is 18.2 Å². The SMILES string of the molecule is CCOc1cccc(CC(N)CC)c1OCC(CC)CC. The summed E-state index contributed by atoms with van der Waals surface area (Å²) in [6.07, 6.45) is 4.06. The van der Waals surface area contributed by atoms with Crippen LogP contribution in [0.4, 0.5) is 0 Å². The van der Waals surface area contributed by atoms with E-state index in [1.807, 2.05) is 19.1 Å². The van der Waals surface area contributed by atoms with E-state index in [0.29, 0.717) is 12.5 Å². The fraction of sp³-hybridized carbons (Fsp3) is 0.667. The Hall–Kier alpha value is -1.22. The molecule has 2 N–H and O–H groups in total. The predicted octanol–water partition coefficient (Wildman–Crippen LogP) is 4.18. The van der Waals surface area contributed by atoms with Gasteiger partial charge in [-0.05, 0) is 37.3 Å². The van der Waals surface area contributed by atoms with Gasteiger partial charge in [-0.3, -0.25) is 0 Å². The van der Waals surface area contributed by atoms with Crippen LogP contribution in [0.3, 0.4) is 0 Å². The van der Waals surface area contributed by atoms with Gasteiger partial charge in [0.25, 0.3) is 0 Å². The van der Waals surface area contributed by atoms with Crippen molar-refractivity contribution in [2.24, 2.45) is 11.7 Å². The van der Waals surface area contributed by atoms with Crippen molar-refractivity contribution in [1.82, 2.24) is 0 Å². The van der Waals surface area contributed by atoms with Crippen molar-refractivity contribution < 1.29 is 9.47 Å². The van der Waals surface area contributed by atoms with Gasteiger partial charge in [0.05, 0.1) is 13.2 Å². The Morgan fingerprint density at radius 2 is 1.71 bits per heavy atom. The number of nitrogens with two attached hydrogens (primary N) is 1. The number of hydrogen-bond donors (Lipinski definition) is 1. The summed E-state index contributed by atoms with van der Waals surface area (Å²) >= 11 is 0. The third-order valence-electron chi connectivity index (χ3n) is 3.98. The Morgan fingerprint density at radius 3 is 2.29 bits per heavy atom. The molecule has 1 rings (SSSR count). The second-order valence-electron chi connectivity index (χ2n) is 5.54. The quantitative estimate of drug-likeness (QED) is 0.704. The van der Waals surface area contributed by atoms with E-state index in [4.69, 9.17) is 15.2 Å². The second kappa shape index (κ2) is 9.67. The molecule has 0 radical (unpaired) electrons. The highest BCUT2D eigenvalue weighted by atomic mass is 16.5. The fourth-order valence-electron chi connectivity index (χ4n) is 2.31. The van der Waals surface area contributed by atoms with Crippen LogP contribution >= 0.6 is 0 Å². The van der Waals surface area contributed by atoms with Crippen molar-refractivity contribution in [3.63, 3.8) is 0 Å². The van der Waals surface area contributed by atoms with E-state index in [1.165, 1.54) is 0 Å². The molecule has 3 nitrogen and oxygen atoms in total. The van der Waals surface area contributed by atoms with E-state index in [9.17, 15) is 0 Å². The summed E-state index contributed by atoms with van der Waals surface area (Å²) in [6.45, 7) is 9.91. The summed E-state index contributed by atoms with van der Waals surface area (Å²) in [5.74, 6) is 2.31. The van der Waals surface area contributed by atoms with Crippen LogP contribution in [-0.4, -0.2) is 19.3 Å². The lowest BCUT2D eigenvalue weighted by Crippen LogP contribution is -2.22. The lowest BCUT2D eigenvalue weighted by molar-refractivity contribution is 0.223. The molecule has 0 saturated heterocycles. The monoisotopic (exact) mass is 293 g/mol. The molecule has 0 aliphatic carbocycles. The van der Waals surface area contributed by atoms with Crippen molar-refractivity contribution in [2.45, 2.75) is 59.4 Å². The predicted molar refractivity (Wildman–Crippen MR) is 89.1 cm³/mol. The minimum absolute atomic E-state index is 0.164. The molecule has 1 atom stereocenters. The van der Waals surface area contributed by atoms with Crippen LogP contribution in [0, 0.1) is 5.92 Å². The second-order valence-corrected chi connectivity index (χ2v) is 5.54. The molecule has 0 spiro atoms. The van der Waals surface area contributed by atoms with E-state index in [-0.39, 0.29) is 6.04 Å². The molecule has 1 aromatic rings. The Morgan fingerprint density at radius 1 is 1.00 bits per heavy atom. The van der Waals surface area contributed by atoms with Gasteiger partial charge in [0, 0.05) is 6.04 Å². The van der Waals surface area contributed by atoms with Crippen molar-refractivity contribution in [3.05, 3.63) is 23.8 Å². The highest BCUT2D eigenvalue weighted by molar-refractivity contribution is 5.47. The number of hydrogen-bond acceptors (Lipinski definition) is 3. The number of para-hydroxylation sites is 1. The molecule has 0 heterocycles. The van der Waals surface area contributed by atoms with Gasteiger partial charge in [-0.15, -0.1) is 0 Å². The first-order chi connectivity index (χ1) is 10.2. The minimum atomic E-state index is 0.164. The maximum absolute atomic E-state index is 6.13. The molecule has 3 heteroatoms. The molecule has 0 saturated carbocycles. The zero-order valence-electron chi connectivity index (χ0n) is 14.0. The van der Waals surface area contributed by atoms with Gasteiger partial charge in [-0.25, -0.2) is 0 Å². The van der Waals surface area contributed by atoms with E-state index >= 15 is 0 Å². The third kappa shape index (κ3) is 5.58. The standard InChI is InChI=1S/C18H31NO2/c1-5-14(6-2)13-21-18-15(12-16(19)7-3)10-9-11-17(18)20-8-4/h9-11,14,16H,5-8,12-13,19H2,1-4H3. The Labute approximate surface area is 129 Å². The molecule has 1 aromatic carbocycles. The maximum Gasteiger partial charge on any atom is 0.164 e. The van der Waals surface area contributed by atoms with Crippen molar-refractivity contribution >= 4 is 0 Å². The Kier molecular flexibility index (Phi) is 8.21. The van der Waals surface area contributed by atoms with E-state index in [2.05, 4.69) is 26.8 Å². The summed E-state index contributed by atoms with van der Waals surface area (Å²) in [4.78, 5) is 0. The van der Waals surface area contributed by atoms with Crippen LogP contribution in [0.5, 0.6) is 11.5 Å². The van der Waals surface area contributed by atoms with Gasteiger partial charge >= 0.3 is 0 Å². The third-order valence-corrected chi connectivity index (χ3v) is 3.98. The van der Waals surface area contributed by atoms with Crippen LogP contribution in [0.2, 0.25) is 0 Å². The van der Waals surface area contributed by atoms with Gasteiger partial charge in [0.1, 0.15) is 0 Å². The average molecular weight is 293 g/mol. The Bertz CT molecular complexity index is 402. The molecule has 0 amide bonds. The number of benzene rings is 1. The normalized spacial score (nSPS) is 12.5. The minimum Gasteiger partial charge on any atom is -0.490 e. The summed E-state index contributed by atoms with van der Waals surface area (Å²) in [7, 11) is 0. The lowest BCUT2D eigenvalue weighted by Gasteiger charge is -2.20. The highest BCUT2D eigenvalue weighted by Crippen LogP contribution is 2.33. The molecule has 0 bridgehead atoms. The molecule has 120 valence electrons. The van der Waals surface area contributed by atoms with E-state index < -0.39 is 0 Å². The van der Waals surface area contributed by atoms with E-state index in [0.717, 1.165) is 49.4 Å². The van der Waals surface area contributed by atoms with Crippen LogP contribution < -0.4 is 15.2 Å². The van der Waals surface area contributed by atoms with Crippen molar-refractivity contribution in [2.75, 3.05) is 13.2 Å². The Balaban J connectivity index is 2.93. The molecule has 1 unspecified atom stereocenters. The molecule has 0 aliphatic heterocycles. The largest absolute Gasteiger partial charge is 0.490 e. The molecular weight excluding hydrogens is 262 g/mol. The van der Waals surface area contributed by atoms with Crippen LogP contribution in [0.1, 0.15) is 52.5 Å². The summed E-state index contributed by atoms with van der Waals surface area (Å²) < 4.78 is 11.9. The van der Waals surface area contributed by atoms with E-state index in [1.54, 1.807) is 0 Å².